The molecule has 3 heterocycles. The molecule has 0 bridgehead atoms. The van der Waals surface area contributed by atoms with Gasteiger partial charge < -0.3 is 15.1 Å². The van der Waals surface area contributed by atoms with Crippen LogP contribution >= 0.6 is 22.7 Å². The number of hydrogen-bond acceptors (Lipinski definition) is 6. The SMILES string of the molecule is CCNC(=NCc1coc(-c2cccs2)n1)NCc1nc(C(C)C)cs1. The number of aromatic nitrogens is 2. The fourth-order valence-corrected chi connectivity index (χ4v) is 3.78. The van der Waals surface area contributed by atoms with Crippen LogP contribution < -0.4 is 10.6 Å². The minimum absolute atomic E-state index is 0.451. The Kier molecular flexibility index (Phi) is 6.40. The van der Waals surface area contributed by atoms with Gasteiger partial charge in [-0.1, -0.05) is 19.9 Å². The van der Waals surface area contributed by atoms with Crippen molar-refractivity contribution in [2.75, 3.05) is 6.54 Å². The maximum atomic E-state index is 5.54. The van der Waals surface area contributed by atoms with Gasteiger partial charge in [0, 0.05) is 11.9 Å². The molecule has 26 heavy (non-hydrogen) atoms. The highest BCUT2D eigenvalue weighted by Gasteiger charge is 2.09. The molecule has 3 aromatic rings. The van der Waals surface area contributed by atoms with Crippen molar-refractivity contribution in [3.8, 4) is 10.8 Å². The number of thiazole rings is 1. The van der Waals surface area contributed by atoms with Crippen LogP contribution in [0.2, 0.25) is 0 Å². The third kappa shape index (κ3) is 4.92. The lowest BCUT2D eigenvalue weighted by atomic mass is 10.2. The Balaban J connectivity index is 1.59. The zero-order chi connectivity index (χ0) is 18.4. The summed E-state index contributed by atoms with van der Waals surface area (Å²) >= 11 is 3.28. The number of thiophene rings is 1. The van der Waals surface area contributed by atoms with E-state index in [1.165, 1.54) is 0 Å². The van der Waals surface area contributed by atoms with E-state index in [2.05, 4.69) is 44.8 Å². The van der Waals surface area contributed by atoms with Crippen molar-refractivity contribution < 1.29 is 4.42 Å². The molecule has 138 valence electrons. The summed E-state index contributed by atoms with van der Waals surface area (Å²) in [5.41, 5.74) is 1.94. The molecule has 2 N–H and O–H groups in total. The van der Waals surface area contributed by atoms with E-state index in [-0.39, 0.29) is 0 Å². The summed E-state index contributed by atoms with van der Waals surface area (Å²) in [6.07, 6.45) is 1.66. The Morgan fingerprint density at radius 1 is 1.27 bits per heavy atom. The molecule has 3 aromatic heterocycles. The van der Waals surface area contributed by atoms with Gasteiger partial charge in [0.1, 0.15) is 17.0 Å². The van der Waals surface area contributed by atoms with Gasteiger partial charge in [-0.15, -0.1) is 22.7 Å². The summed E-state index contributed by atoms with van der Waals surface area (Å²) < 4.78 is 5.54. The molecule has 0 amide bonds. The highest BCUT2D eigenvalue weighted by molar-refractivity contribution is 7.13. The van der Waals surface area contributed by atoms with E-state index in [4.69, 9.17) is 4.42 Å². The van der Waals surface area contributed by atoms with Crippen molar-refractivity contribution in [1.82, 2.24) is 20.6 Å². The Morgan fingerprint density at radius 3 is 2.85 bits per heavy atom. The molecule has 0 radical (unpaired) electrons. The van der Waals surface area contributed by atoms with Crippen LogP contribution in [-0.4, -0.2) is 22.5 Å². The monoisotopic (exact) mass is 389 g/mol. The van der Waals surface area contributed by atoms with E-state index in [0.29, 0.717) is 24.9 Å². The lowest BCUT2D eigenvalue weighted by molar-refractivity contribution is 0.574. The first-order valence-corrected chi connectivity index (χ1v) is 10.4. The summed E-state index contributed by atoms with van der Waals surface area (Å²) in [6.45, 7) is 8.25. The van der Waals surface area contributed by atoms with Crippen LogP contribution in [0.15, 0.2) is 38.6 Å². The zero-order valence-corrected chi connectivity index (χ0v) is 16.8. The highest BCUT2D eigenvalue weighted by atomic mass is 32.1. The first-order chi connectivity index (χ1) is 12.7. The average molecular weight is 390 g/mol. The average Bonchev–Trinajstić information content (AvgIpc) is 3.38. The largest absolute Gasteiger partial charge is 0.443 e. The van der Waals surface area contributed by atoms with Crippen LogP contribution in [0.4, 0.5) is 0 Å². The van der Waals surface area contributed by atoms with Crippen molar-refractivity contribution in [2.24, 2.45) is 4.99 Å². The summed E-state index contributed by atoms with van der Waals surface area (Å²) in [6, 6.07) is 3.98. The molecule has 0 aliphatic rings. The standard InChI is InChI=1S/C18H23N5OS2/c1-4-19-18(21-9-16-23-14(11-26-16)12(2)3)20-8-13-10-24-17(22-13)15-6-5-7-25-15/h5-7,10-12H,4,8-9H2,1-3H3,(H2,19,20,21). The Hall–Kier alpha value is -2.19. The summed E-state index contributed by atoms with van der Waals surface area (Å²) in [4.78, 5) is 14.7. The quantitative estimate of drug-likeness (QED) is 0.467. The molecule has 0 aromatic carbocycles. The van der Waals surface area contributed by atoms with Gasteiger partial charge in [-0.25, -0.2) is 15.0 Å². The first-order valence-electron chi connectivity index (χ1n) is 8.60. The molecule has 0 unspecified atom stereocenters. The highest BCUT2D eigenvalue weighted by Crippen LogP contribution is 2.23. The van der Waals surface area contributed by atoms with Gasteiger partial charge in [0.2, 0.25) is 5.89 Å². The molecule has 8 heteroatoms. The van der Waals surface area contributed by atoms with Crippen LogP contribution in [0.3, 0.4) is 0 Å². The van der Waals surface area contributed by atoms with Gasteiger partial charge >= 0.3 is 0 Å². The lowest BCUT2D eigenvalue weighted by Crippen LogP contribution is -2.36. The summed E-state index contributed by atoms with van der Waals surface area (Å²) in [7, 11) is 0. The van der Waals surface area contributed by atoms with Crippen molar-refractivity contribution >= 4 is 28.6 Å². The number of nitrogens with one attached hydrogen (secondary N) is 2. The van der Waals surface area contributed by atoms with E-state index < -0.39 is 0 Å². The molecule has 6 nitrogen and oxygen atoms in total. The maximum Gasteiger partial charge on any atom is 0.236 e. The molecule has 0 fully saturated rings. The van der Waals surface area contributed by atoms with Crippen LogP contribution in [0.25, 0.3) is 10.8 Å². The minimum atomic E-state index is 0.451. The molecule has 0 aliphatic heterocycles. The van der Waals surface area contributed by atoms with Crippen LogP contribution in [0.5, 0.6) is 0 Å². The van der Waals surface area contributed by atoms with Crippen molar-refractivity contribution in [2.45, 2.75) is 39.8 Å². The van der Waals surface area contributed by atoms with Gasteiger partial charge in [-0.2, -0.15) is 0 Å². The number of rotatable bonds is 7. The van der Waals surface area contributed by atoms with Crippen LogP contribution in [-0.2, 0) is 13.1 Å². The van der Waals surface area contributed by atoms with Crippen LogP contribution in [0, 0.1) is 0 Å². The van der Waals surface area contributed by atoms with E-state index >= 15 is 0 Å². The minimum Gasteiger partial charge on any atom is -0.443 e. The third-order valence-corrected chi connectivity index (χ3v) is 5.32. The fraction of sp³-hybridized carbons (Fsp3) is 0.389. The zero-order valence-electron chi connectivity index (χ0n) is 15.2. The number of guanidine groups is 1. The van der Waals surface area contributed by atoms with Gasteiger partial charge in [-0.05, 0) is 24.3 Å². The summed E-state index contributed by atoms with van der Waals surface area (Å²) in [5, 5.41) is 11.8. The predicted molar refractivity (Wildman–Crippen MR) is 108 cm³/mol. The molecule has 0 saturated heterocycles. The molecule has 0 aliphatic carbocycles. The van der Waals surface area contributed by atoms with E-state index in [0.717, 1.165) is 33.8 Å². The van der Waals surface area contributed by atoms with Crippen molar-refractivity contribution in [3.05, 3.63) is 45.6 Å². The molecule has 0 spiro atoms. The number of hydrogen-bond donors (Lipinski definition) is 2. The molecular weight excluding hydrogens is 366 g/mol. The van der Waals surface area contributed by atoms with Gasteiger partial charge in [0.15, 0.2) is 5.96 Å². The Labute approximate surface area is 161 Å². The predicted octanol–water partition coefficient (Wildman–Crippen LogP) is 4.24. The molecule has 3 rings (SSSR count). The lowest BCUT2D eigenvalue weighted by Gasteiger charge is -2.09. The normalized spacial score (nSPS) is 11.9. The van der Waals surface area contributed by atoms with Gasteiger partial charge in [0.05, 0.1) is 23.7 Å². The number of nitrogens with zero attached hydrogens (tertiary/aromatic N) is 3. The number of oxazole rings is 1. The second-order valence-electron chi connectivity index (χ2n) is 5.99. The topological polar surface area (TPSA) is 75.3 Å². The molecular formula is C18H23N5OS2. The second-order valence-corrected chi connectivity index (χ2v) is 7.88. The summed E-state index contributed by atoms with van der Waals surface area (Å²) in [5.74, 6) is 1.84. The molecule has 0 saturated carbocycles. The van der Waals surface area contributed by atoms with Crippen molar-refractivity contribution in [1.29, 1.82) is 0 Å². The van der Waals surface area contributed by atoms with E-state index in [9.17, 15) is 0 Å². The maximum absolute atomic E-state index is 5.54. The first kappa shape index (κ1) is 18.6. The van der Waals surface area contributed by atoms with E-state index in [1.807, 2.05) is 24.4 Å². The third-order valence-electron chi connectivity index (χ3n) is 3.60. The van der Waals surface area contributed by atoms with Gasteiger partial charge in [0.25, 0.3) is 0 Å². The Bertz CT molecular complexity index is 836. The van der Waals surface area contributed by atoms with E-state index in [1.54, 1.807) is 28.9 Å². The van der Waals surface area contributed by atoms with Crippen LogP contribution in [0.1, 0.15) is 43.1 Å². The Morgan fingerprint density at radius 2 is 2.15 bits per heavy atom. The smallest absolute Gasteiger partial charge is 0.236 e. The fourth-order valence-electron chi connectivity index (χ4n) is 2.23. The second kappa shape index (κ2) is 8.95. The van der Waals surface area contributed by atoms with Gasteiger partial charge in [-0.3, -0.25) is 0 Å². The number of aliphatic imine (C=N–C) groups is 1. The molecule has 0 atom stereocenters. The van der Waals surface area contributed by atoms with Crippen molar-refractivity contribution in [3.63, 3.8) is 0 Å².